The standard InChI is InChI=1S/C18H25N3O3/c1-19(8-9-22)17(23)6-3-7-20-11-14-10-15(13-20)16-4-2-5-18(24)21(16)12-14/h2-6,14-15,22H,7-13H2,1H3. The van der Waals surface area contributed by atoms with Crippen molar-refractivity contribution in [3.8, 4) is 0 Å². The summed E-state index contributed by atoms with van der Waals surface area (Å²) < 4.78 is 1.93. The lowest BCUT2D eigenvalue weighted by atomic mass is 9.83. The molecular formula is C18H25N3O3. The Hall–Kier alpha value is -1.92. The van der Waals surface area contributed by atoms with Gasteiger partial charge in [-0.15, -0.1) is 0 Å². The number of aliphatic hydroxyl groups excluding tert-OH is 1. The highest BCUT2D eigenvalue weighted by Gasteiger charge is 2.33. The zero-order chi connectivity index (χ0) is 17.1. The summed E-state index contributed by atoms with van der Waals surface area (Å²) in [6, 6.07) is 5.55. The van der Waals surface area contributed by atoms with E-state index < -0.39 is 0 Å². The Balaban J connectivity index is 1.61. The van der Waals surface area contributed by atoms with E-state index in [0.29, 0.717) is 18.4 Å². The highest BCUT2D eigenvalue weighted by atomic mass is 16.3. The van der Waals surface area contributed by atoms with Gasteiger partial charge in [0.15, 0.2) is 0 Å². The molecule has 1 aromatic rings. The van der Waals surface area contributed by atoms with Gasteiger partial charge in [-0.05, 0) is 18.4 Å². The molecule has 3 rings (SSSR count). The van der Waals surface area contributed by atoms with Gasteiger partial charge in [0.2, 0.25) is 5.91 Å². The number of piperidine rings is 1. The fraction of sp³-hybridized carbons (Fsp3) is 0.556. The summed E-state index contributed by atoms with van der Waals surface area (Å²) in [4.78, 5) is 27.7. The van der Waals surface area contributed by atoms with E-state index in [9.17, 15) is 9.59 Å². The van der Waals surface area contributed by atoms with Crippen LogP contribution in [-0.2, 0) is 11.3 Å². The largest absolute Gasteiger partial charge is 0.395 e. The number of likely N-dealkylation sites (N-methyl/N-ethyl adjacent to an activating group) is 1. The SMILES string of the molecule is CN(CCO)C(=O)C=CCN1CC2CC(C1)c1cccc(=O)n1C2. The summed E-state index contributed by atoms with van der Waals surface area (Å²) in [5.41, 5.74) is 1.25. The molecule has 24 heavy (non-hydrogen) atoms. The predicted molar refractivity (Wildman–Crippen MR) is 91.9 cm³/mol. The van der Waals surface area contributed by atoms with Crippen LogP contribution in [-0.4, -0.2) is 65.2 Å². The number of fused-ring (bicyclic) bond motifs is 4. The van der Waals surface area contributed by atoms with E-state index in [4.69, 9.17) is 5.11 Å². The Kier molecular flexibility index (Phi) is 5.16. The fourth-order valence-electron chi connectivity index (χ4n) is 3.83. The molecular weight excluding hydrogens is 306 g/mol. The van der Waals surface area contributed by atoms with Crippen molar-refractivity contribution in [2.24, 2.45) is 5.92 Å². The number of carbonyl (C=O) groups excluding carboxylic acids is 1. The van der Waals surface area contributed by atoms with E-state index in [0.717, 1.165) is 38.3 Å². The highest BCUT2D eigenvalue weighted by Crippen LogP contribution is 2.34. The van der Waals surface area contributed by atoms with Gasteiger partial charge in [-0.25, -0.2) is 0 Å². The number of nitrogens with zero attached hydrogens (tertiary/aromatic N) is 3. The number of aliphatic hydroxyl groups is 1. The zero-order valence-electron chi connectivity index (χ0n) is 14.1. The molecule has 3 heterocycles. The van der Waals surface area contributed by atoms with Gasteiger partial charge in [0, 0.05) is 63.5 Å². The third kappa shape index (κ3) is 3.60. The van der Waals surface area contributed by atoms with Crippen LogP contribution in [0, 0.1) is 5.92 Å². The van der Waals surface area contributed by atoms with Gasteiger partial charge in [0.1, 0.15) is 0 Å². The maximum Gasteiger partial charge on any atom is 0.250 e. The van der Waals surface area contributed by atoms with Gasteiger partial charge in [0.05, 0.1) is 6.61 Å². The van der Waals surface area contributed by atoms with Crippen molar-refractivity contribution >= 4 is 5.91 Å². The molecule has 1 saturated heterocycles. The smallest absolute Gasteiger partial charge is 0.250 e. The molecule has 2 aliphatic rings. The Bertz CT molecular complexity index is 682. The predicted octanol–water partition coefficient (Wildman–Crippen LogP) is 0.274. The van der Waals surface area contributed by atoms with Gasteiger partial charge < -0.3 is 14.6 Å². The van der Waals surface area contributed by atoms with Crippen molar-refractivity contribution in [1.29, 1.82) is 0 Å². The molecule has 1 N–H and O–H groups in total. The number of rotatable bonds is 5. The Morgan fingerprint density at radius 2 is 2.21 bits per heavy atom. The van der Waals surface area contributed by atoms with Crippen molar-refractivity contribution in [3.63, 3.8) is 0 Å². The first kappa shape index (κ1) is 16.9. The Morgan fingerprint density at radius 3 is 3.00 bits per heavy atom. The maximum absolute atomic E-state index is 12.0. The average molecular weight is 331 g/mol. The quantitative estimate of drug-likeness (QED) is 0.787. The number of hydrogen-bond donors (Lipinski definition) is 1. The molecule has 0 spiro atoms. The number of amides is 1. The molecule has 0 radical (unpaired) electrons. The molecule has 1 aromatic heterocycles. The molecule has 2 atom stereocenters. The van der Waals surface area contributed by atoms with Crippen molar-refractivity contribution < 1.29 is 9.90 Å². The van der Waals surface area contributed by atoms with Crippen molar-refractivity contribution in [2.45, 2.75) is 18.9 Å². The van der Waals surface area contributed by atoms with Crippen LogP contribution in [0.1, 0.15) is 18.0 Å². The summed E-state index contributed by atoms with van der Waals surface area (Å²) in [6.07, 6.45) is 4.62. The van der Waals surface area contributed by atoms with Crippen LogP contribution in [0.5, 0.6) is 0 Å². The molecule has 0 saturated carbocycles. The van der Waals surface area contributed by atoms with Crippen molar-refractivity contribution in [3.05, 3.63) is 46.4 Å². The minimum atomic E-state index is -0.0850. The van der Waals surface area contributed by atoms with E-state index in [2.05, 4.69) is 11.0 Å². The van der Waals surface area contributed by atoms with Crippen LogP contribution in [0.3, 0.4) is 0 Å². The van der Waals surface area contributed by atoms with Gasteiger partial charge in [0.25, 0.3) is 5.56 Å². The first-order valence-electron chi connectivity index (χ1n) is 8.53. The topological polar surface area (TPSA) is 65.8 Å². The maximum atomic E-state index is 12.0. The fourth-order valence-corrected chi connectivity index (χ4v) is 3.83. The second-order valence-corrected chi connectivity index (χ2v) is 6.80. The van der Waals surface area contributed by atoms with Crippen LogP contribution < -0.4 is 5.56 Å². The lowest BCUT2D eigenvalue weighted by Crippen LogP contribution is -2.47. The minimum absolute atomic E-state index is 0.0235. The molecule has 2 unspecified atom stereocenters. The molecule has 0 aliphatic carbocycles. The summed E-state index contributed by atoms with van der Waals surface area (Å²) in [5, 5.41) is 8.86. The number of likely N-dealkylation sites (tertiary alicyclic amines) is 1. The van der Waals surface area contributed by atoms with Gasteiger partial charge in [-0.2, -0.15) is 0 Å². The second-order valence-electron chi connectivity index (χ2n) is 6.80. The molecule has 1 amide bonds. The normalized spacial score (nSPS) is 23.2. The first-order valence-corrected chi connectivity index (χ1v) is 8.53. The van der Waals surface area contributed by atoms with Crippen LogP contribution in [0.4, 0.5) is 0 Å². The van der Waals surface area contributed by atoms with E-state index in [-0.39, 0.29) is 18.1 Å². The highest BCUT2D eigenvalue weighted by molar-refractivity contribution is 5.87. The number of hydrogen-bond acceptors (Lipinski definition) is 4. The Labute approximate surface area is 142 Å². The Morgan fingerprint density at radius 1 is 1.38 bits per heavy atom. The van der Waals surface area contributed by atoms with Crippen molar-refractivity contribution in [2.75, 3.05) is 39.8 Å². The van der Waals surface area contributed by atoms with E-state index in [1.54, 1.807) is 19.2 Å². The van der Waals surface area contributed by atoms with Gasteiger partial charge in [-0.3, -0.25) is 14.5 Å². The molecule has 2 aliphatic heterocycles. The number of carbonyl (C=O) groups is 1. The average Bonchev–Trinajstić information content (AvgIpc) is 2.56. The molecule has 6 heteroatoms. The van der Waals surface area contributed by atoms with E-state index in [1.165, 1.54) is 4.90 Å². The second kappa shape index (κ2) is 7.32. The zero-order valence-corrected chi connectivity index (χ0v) is 14.1. The minimum Gasteiger partial charge on any atom is -0.395 e. The van der Waals surface area contributed by atoms with Crippen LogP contribution in [0.2, 0.25) is 0 Å². The monoisotopic (exact) mass is 331 g/mol. The van der Waals surface area contributed by atoms with E-state index >= 15 is 0 Å². The summed E-state index contributed by atoms with van der Waals surface area (Å²) in [6.45, 7) is 3.74. The number of pyridine rings is 1. The molecule has 0 aromatic carbocycles. The van der Waals surface area contributed by atoms with Crippen LogP contribution in [0.25, 0.3) is 0 Å². The van der Waals surface area contributed by atoms with Gasteiger partial charge >= 0.3 is 0 Å². The van der Waals surface area contributed by atoms with Crippen LogP contribution in [0.15, 0.2) is 35.1 Å². The molecule has 130 valence electrons. The van der Waals surface area contributed by atoms with Crippen molar-refractivity contribution in [1.82, 2.24) is 14.4 Å². The van der Waals surface area contributed by atoms with Crippen LogP contribution >= 0.6 is 0 Å². The molecule has 2 bridgehead atoms. The molecule has 6 nitrogen and oxygen atoms in total. The lowest BCUT2D eigenvalue weighted by molar-refractivity contribution is -0.125. The third-order valence-electron chi connectivity index (χ3n) is 4.99. The lowest BCUT2D eigenvalue weighted by Gasteiger charge is -2.42. The first-order chi connectivity index (χ1) is 11.6. The third-order valence-corrected chi connectivity index (χ3v) is 4.99. The summed E-state index contributed by atoms with van der Waals surface area (Å²) in [7, 11) is 1.68. The number of aromatic nitrogens is 1. The molecule has 1 fully saturated rings. The van der Waals surface area contributed by atoms with Gasteiger partial charge in [-0.1, -0.05) is 12.1 Å². The summed E-state index contributed by atoms with van der Waals surface area (Å²) in [5.74, 6) is 0.809. The summed E-state index contributed by atoms with van der Waals surface area (Å²) >= 11 is 0. The van der Waals surface area contributed by atoms with E-state index in [1.807, 2.05) is 16.7 Å².